The Morgan fingerprint density at radius 3 is 2.56 bits per heavy atom. The van der Waals surface area contributed by atoms with Crippen LogP contribution in [0.1, 0.15) is 31.9 Å². The molecule has 0 fully saturated rings. The van der Waals surface area contributed by atoms with E-state index in [1.54, 1.807) is 32.0 Å². The lowest BCUT2D eigenvalue weighted by molar-refractivity contribution is -0.145. The SMILES string of the molecule is CCC(Oc1cc(OC)ccc1C(C)O)C(=O)O. The molecule has 0 aliphatic carbocycles. The molecule has 0 spiro atoms. The maximum Gasteiger partial charge on any atom is 0.344 e. The molecule has 100 valence electrons. The van der Waals surface area contributed by atoms with Gasteiger partial charge in [0.25, 0.3) is 0 Å². The molecule has 0 heterocycles. The van der Waals surface area contributed by atoms with Gasteiger partial charge < -0.3 is 19.7 Å². The molecule has 18 heavy (non-hydrogen) atoms. The van der Waals surface area contributed by atoms with Crippen LogP contribution in [0.15, 0.2) is 18.2 Å². The van der Waals surface area contributed by atoms with E-state index < -0.39 is 18.2 Å². The van der Waals surface area contributed by atoms with Crippen molar-refractivity contribution in [2.75, 3.05) is 7.11 Å². The van der Waals surface area contributed by atoms with E-state index in [1.807, 2.05) is 0 Å². The quantitative estimate of drug-likeness (QED) is 0.812. The summed E-state index contributed by atoms with van der Waals surface area (Å²) >= 11 is 0. The van der Waals surface area contributed by atoms with Crippen molar-refractivity contribution in [3.63, 3.8) is 0 Å². The summed E-state index contributed by atoms with van der Waals surface area (Å²) < 4.78 is 10.5. The molecule has 0 aliphatic rings. The standard InChI is InChI=1S/C13H18O5/c1-4-11(13(15)16)18-12-7-9(17-3)5-6-10(12)8(2)14/h5-8,11,14H,4H2,1-3H3,(H,15,16). The van der Waals surface area contributed by atoms with Crippen LogP contribution in [-0.4, -0.2) is 29.4 Å². The summed E-state index contributed by atoms with van der Waals surface area (Å²) in [6.45, 7) is 3.32. The summed E-state index contributed by atoms with van der Waals surface area (Å²) in [5.41, 5.74) is 0.538. The van der Waals surface area contributed by atoms with E-state index in [0.717, 1.165) is 0 Å². The molecule has 0 bridgehead atoms. The third-order valence-corrected chi connectivity index (χ3v) is 2.59. The first-order valence-corrected chi connectivity index (χ1v) is 5.75. The molecule has 0 saturated carbocycles. The number of carbonyl (C=O) groups is 1. The molecule has 1 aromatic carbocycles. The van der Waals surface area contributed by atoms with E-state index in [4.69, 9.17) is 14.6 Å². The second-order valence-electron chi connectivity index (χ2n) is 3.93. The number of methoxy groups -OCH3 is 1. The maximum absolute atomic E-state index is 11.0. The van der Waals surface area contributed by atoms with Crippen LogP contribution in [0.3, 0.4) is 0 Å². The second kappa shape index (κ2) is 6.26. The van der Waals surface area contributed by atoms with E-state index in [9.17, 15) is 9.90 Å². The van der Waals surface area contributed by atoms with E-state index in [2.05, 4.69) is 0 Å². The number of aliphatic hydroxyl groups excluding tert-OH is 1. The first kappa shape index (κ1) is 14.3. The highest BCUT2D eigenvalue weighted by atomic mass is 16.5. The Hall–Kier alpha value is -1.75. The topological polar surface area (TPSA) is 76.0 Å². The fourth-order valence-electron chi connectivity index (χ4n) is 1.55. The molecular formula is C13H18O5. The molecule has 5 heteroatoms. The van der Waals surface area contributed by atoms with Gasteiger partial charge in [0.15, 0.2) is 6.10 Å². The summed E-state index contributed by atoms with van der Waals surface area (Å²) in [6, 6.07) is 4.93. The first-order valence-electron chi connectivity index (χ1n) is 5.75. The summed E-state index contributed by atoms with van der Waals surface area (Å²) in [5.74, 6) is -0.148. The predicted molar refractivity (Wildman–Crippen MR) is 66.0 cm³/mol. The zero-order chi connectivity index (χ0) is 13.7. The molecule has 5 nitrogen and oxygen atoms in total. The van der Waals surface area contributed by atoms with Crippen LogP contribution < -0.4 is 9.47 Å². The van der Waals surface area contributed by atoms with E-state index >= 15 is 0 Å². The zero-order valence-electron chi connectivity index (χ0n) is 10.7. The van der Waals surface area contributed by atoms with Crippen LogP contribution >= 0.6 is 0 Å². The highest BCUT2D eigenvalue weighted by Crippen LogP contribution is 2.30. The number of carboxylic acids is 1. The van der Waals surface area contributed by atoms with Crippen LogP contribution in [0.5, 0.6) is 11.5 Å². The second-order valence-corrected chi connectivity index (χ2v) is 3.93. The highest BCUT2D eigenvalue weighted by molar-refractivity contribution is 5.72. The molecule has 0 aromatic heterocycles. The normalized spacial score (nSPS) is 13.8. The monoisotopic (exact) mass is 254 g/mol. The van der Waals surface area contributed by atoms with Crippen molar-refractivity contribution >= 4 is 5.97 Å². The third-order valence-electron chi connectivity index (χ3n) is 2.59. The smallest absolute Gasteiger partial charge is 0.344 e. The molecule has 1 aromatic rings. The molecule has 0 aliphatic heterocycles. The minimum atomic E-state index is -1.03. The van der Waals surface area contributed by atoms with Crippen molar-refractivity contribution in [1.82, 2.24) is 0 Å². The lowest BCUT2D eigenvalue weighted by atomic mass is 10.1. The van der Waals surface area contributed by atoms with Gasteiger partial charge in [0, 0.05) is 11.6 Å². The molecular weight excluding hydrogens is 236 g/mol. The molecule has 2 N–H and O–H groups in total. The Kier molecular flexibility index (Phi) is 4.97. The average molecular weight is 254 g/mol. The Morgan fingerprint density at radius 1 is 1.44 bits per heavy atom. The Labute approximate surface area is 106 Å². The van der Waals surface area contributed by atoms with Gasteiger partial charge >= 0.3 is 5.97 Å². The fourth-order valence-corrected chi connectivity index (χ4v) is 1.55. The molecule has 1 rings (SSSR count). The number of rotatable bonds is 6. The summed E-state index contributed by atoms with van der Waals surface area (Å²) in [4.78, 5) is 11.0. The van der Waals surface area contributed by atoms with Crippen LogP contribution in [0, 0.1) is 0 Å². The minimum Gasteiger partial charge on any atom is -0.497 e. The van der Waals surface area contributed by atoms with Crippen LogP contribution in [0.2, 0.25) is 0 Å². The van der Waals surface area contributed by atoms with Crippen molar-refractivity contribution in [2.45, 2.75) is 32.5 Å². The average Bonchev–Trinajstić information content (AvgIpc) is 2.34. The first-order chi connectivity index (χ1) is 8.49. The van der Waals surface area contributed by atoms with Gasteiger partial charge in [-0.3, -0.25) is 0 Å². The molecule has 0 saturated heterocycles. The summed E-state index contributed by atoms with van der Waals surface area (Å²) in [5, 5.41) is 18.6. The lowest BCUT2D eigenvalue weighted by Gasteiger charge is -2.18. The van der Waals surface area contributed by atoms with Gasteiger partial charge in [0.05, 0.1) is 13.2 Å². The van der Waals surface area contributed by atoms with Crippen LogP contribution in [0.4, 0.5) is 0 Å². The fraction of sp³-hybridized carbons (Fsp3) is 0.462. The van der Waals surface area contributed by atoms with E-state index in [0.29, 0.717) is 23.5 Å². The molecule has 0 amide bonds. The van der Waals surface area contributed by atoms with Crippen molar-refractivity contribution in [2.24, 2.45) is 0 Å². The number of hydrogen-bond donors (Lipinski definition) is 2. The minimum absolute atomic E-state index is 0.332. The van der Waals surface area contributed by atoms with E-state index in [1.165, 1.54) is 7.11 Å². The summed E-state index contributed by atoms with van der Waals surface area (Å²) in [7, 11) is 1.51. The van der Waals surface area contributed by atoms with Gasteiger partial charge in [-0.05, 0) is 25.5 Å². The molecule has 2 unspecified atom stereocenters. The zero-order valence-corrected chi connectivity index (χ0v) is 10.7. The number of carboxylic acid groups (broad SMARTS) is 1. The Balaban J connectivity index is 3.07. The number of aliphatic hydroxyl groups is 1. The van der Waals surface area contributed by atoms with Gasteiger partial charge in [0.2, 0.25) is 0 Å². The van der Waals surface area contributed by atoms with Gasteiger partial charge in [-0.25, -0.2) is 4.79 Å². The van der Waals surface area contributed by atoms with Gasteiger partial charge in [-0.1, -0.05) is 6.92 Å². The van der Waals surface area contributed by atoms with Crippen molar-refractivity contribution < 1.29 is 24.5 Å². The number of aliphatic carboxylic acids is 1. The number of benzene rings is 1. The largest absolute Gasteiger partial charge is 0.497 e. The lowest BCUT2D eigenvalue weighted by Crippen LogP contribution is -2.26. The van der Waals surface area contributed by atoms with E-state index in [-0.39, 0.29) is 0 Å². The van der Waals surface area contributed by atoms with Crippen molar-refractivity contribution in [3.05, 3.63) is 23.8 Å². The van der Waals surface area contributed by atoms with Gasteiger partial charge in [0.1, 0.15) is 11.5 Å². The molecule has 0 radical (unpaired) electrons. The third kappa shape index (κ3) is 3.37. The number of hydrogen-bond acceptors (Lipinski definition) is 4. The van der Waals surface area contributed by atoms with Crippen LogP contribution in [-0.2, 0) is 4.79 Å². The maximum atomic E-state index is 11.0. The Bertz CT molecular complexity index is 414. The number of ether oxygens (including phenoxy) is 2. The highest BCUT2D eigenvalue weighted by Gasteiger charge is 2.20. The van der Waals surface area contributed by atoms with Crippen LogP contribution in [0.25, 0.3) is 0 Å². The van der Waals surface area contributed by atoms with Crippen molar-refractivity contribution in [1.29, 1.82) is 0 Å². The summed E-state index contributed by atoms with van der Waals surface area (Å²) in [6.07, 6.45) is -1.34. The van der Waals surface area contributed by atoms with Gasteiger partial charge in [-0.2, -0.15) is 0 Å². The van der Waals surface area contributed by atoms with Gasteiger partial charge in [-0.15, -0.1) is 0 Å². The van der Waals surface area contributed by atoms with Crippen molar-refractivity contribution in [3.8, 4) is 11.5 Å². The Morgan fingerprint density at radius 2 is 2.11 bits per heavy atom. The molecule has 2 atom stereocenters. The predicted octanol–water partition coefficient (Wildman–Crippen LogP) is 1.99.